The Labute approximate surface area is 129 Å². The lowest BCUT2D eigenvalue weighted by molar-refractivity contribution is -0.145. The largest absolute Gasteiger partial charge is 0.465 e. The molecule has 1 amide bonds. The van der Waals surface area contributed by atoms with Crippen molar-refractivity contribution in [2.75, 3.05) is 26.7 Å². The van der Waals surface area contributed by atoms with Crippen molar-refractivity contribution in [1.82, 2.24) is 9.80 Å². The van der Waals surface area contributed by atoms with E-state index in [0.29, 0.717) is 19.2 Å². The molecule has 0 spiro atoms. The van der Waals surface area contributed by atoms with Gasteiger partial charge in [0.05, 0.1) is 26.2 Å². The molecule has 0 aliphatic heterocycles. The fourth-order valence-corrected chi connectivity index (χ4v) is 2.90. The number of carbonyl (C=O) groups excluding carboxylic acids is 2. The molecule has 1 heterocycles. The van der Waals surface area contributed by atoms with E-state index in [1.54, 1.807) is 30.2 Å². The van der Waals surface area contributed by atoms with Gasteiger partial charge >= 0.3 is 5.97 Å². The average Bonchev–Trinajstić information content (AvgIpc) is 3.17. The van der Waals surface area contributed by atoms with E-state index in [9.17, 15) is 9.59 Å². The van der Waals surface area contributed by atoms with Gasteiger partial charge in [0, 0.05) is 18.0 Å². The summed E-state index contributed by atoms with van der Waals surface area (Å²) >= 11 is 1.64. The van der Waals surface area contributed by atoms with E-state index in [0.717, 1.165) is 17.7 Å². The number of esters is 1. The number of nitrogens with zero attached hydrogens (tertiary/aromatic N) is 2. The third kappa shape index (κ3) is 5.13. The van der Waals surface area contributed by atoms with Crippen molar-refractivity contribution >= 4 is 23.2 Å². The standard InChI is InChI=1S/C15H22N2O3S/c1-3-20-15(19)11-17(12-6-7-12)10-14(18)16(2)9-13-5-4-8-21-13/h4-5,8,12H,3,6-7,9-11H2,1-2H3. The predicted octanol–water partition coefficient (Wildman–Crippen LogP) is 1.73. The fourth-order valence-electron chi connectivity index (χ4n) is 2.15. The van der Waals surface area contributed by atoms with Crippen molar-refractivity contribution < 1.29 is 14.3 Å². The van der Waals surface area contributed by atoms with Gasteiger partial charge in [-0.1, -0.05) is 6.07 Å². The minimum absolute atomic E-state index is 0.0413. The molecule has 21 heavy (non-hydrogen) atoms. The Morgan fingerprint density at radius 2 is 2.14 bits per heavy atom. The molecule has 0 radical (unpaired) electrons. The molecule has 2 rings (SSSR count). The normalized spacial score (nSPS) is 14.2. The van der Waals surface area contributed by atoms with Crippen LogP contribution in [0.25, 0.3) is 0 Å². The van der Waals surface area contributed by atoms with Crippen LogP contribution in [-0.4, -0.2) is 54.5 Å². The highest BCUT2D eigenvalue weighted by molar-refractivity contribution is 7.09. The smallest absolute Gasteiger partial charge is 0.320 e. The van der Waals surface area contributed by atoms with Gasteiger partial charge in [-0.05, 0) is 31.2 Å². The summed E-state index contributed by atoms with van der Waals surface area (Å²) in [5.74, 6) is -0.210. The zero-order valence-corrected chi connectivity index (χ0v) is 13.4. The summed E-state index contributed by atoms with van der Waals surface area (Å²) in [7, 11) is 1.80. The first kappa shape index (κ1) is 16.0. The minimum Gasteiger partial charge on any atom is -0.465 e. The molecule has 5 nitrogen and oxygen atoms in total. The van der Waals surface area contributed by atoms with E-state index in [2.05, 4.69) is 0 Å². The molecule has 0 saturated heterocycles. The van der Waals surface area contributed by atoms with Crippen LogP contribution in [0, 0.1) is 0 Å². The number of amides is 1. The van der Waals surface area contributed by atoms with Crippen LogP contribution in [0.3, 0.4) is 0 Å². The van der Waals surface area contributed by atoms with Crippen LogP contribution in [0.4, 0.5) is 0 Å². The summed E-state index contributed by atoms with van der Waals surface area (Å²) in [6.45, 7) is 3.28. The Hall–Kier alpha value is -1.40. The van der Waals surface area contributed by atoms with Gasteiger partial charge in [-0.3, -0.25) is 14.5 Å². The van der Waals surface area contributed by atoms with Gasteiger partial charge in [-0.2, -0.15) is 0 Å². The van der Waals surface area contributed by atoms with E-state index >= 15 is 0 Å². The van der Waals surface area contributed by atoms with Crippen molar-refractivity contribution in [3.8, 4) is 0 Å². The zero-order chi connectivity index (χ0) is 15.2. The quantitative estimate of drug-likeness (QED) is 0.686. The number of ether oxygens (including phenoxy) is 1. The van der Waals surface area contributed by atoms with Gasteiger partial charge in [0.2, 0.25) is 5.91 Å². The first-order valence-electron chi connectivity index (χ1n) is 7.26. The van der Waals surface area contributed by atoms with Crippen molar-refractivity contribution in [3.63, 3.8) is 0 Å². The molecule has 0 atom stereocenters. The van der Waals surface area contributed by atoms with Gasteiger partial charge in [-0.25, -0.2) is 0 Å². The highest BCUT2D eigenvalue weighted by atomic mass is 32.1. The molecule has 1 saturated carbocycles. The van der Waals surface area contributed by atoms with Crippen LogP contribution in [0.15, 0.2) is 17.5 Å². The third-order valence-corrected chi connectivity index (χ3v) is 4.30. The van der Waals surface area contributed by atoms with Crippen LogP contribution < -0.4 is 0 Å². The molecule has 6 heteroatoms. The van der Waals surface area contributed by atoms with Gasteiger partial charge < -0.3 is 9.64 Å². The van der Waals surface area contributed by atoms with Crippen LogP contribution in [0.2, 0.25) is 0 Å². The highest BCUT2D eigenvalue weighted by Gasteiger charge is 2.32. The Bertz CT molecular complexity index is 471. The summed E-state index contributed by atoms with van der Waals surface area (Å²) in [4.78, 5) is 28.7. The number of carbonyl (C=O) groups is 2. The van der Waals surface area contributed by atoms with Gasteiger partial charge in [-0.15, -0.1) is 11.3 Å². The molecular formula is C15H22N2O3S. The number of hydrogen-bond acceptors (Lipinski definition) is 5. The molecule has 1 aromatic rings. The van der Waals surface area contributed by atoms with E-state index < -0.39 is 0 Å². The van der Waals surface area contributed by atoms with E-state index in [1.165, 1.54) is 0 Å². The van der Waals surface area contributed by atoms with E-state index in [1.807, 2.05) is 22.4 Å². The minimum atomic E-state index is -0.252. The van der Waals surface area contributed by atoms with Crippen molar-refractivity contribution in [1.29, 1.82) is 0 Å². The second kappa shape index (κ2) is 7.56. The molecule has 0 N–H and O–H groups in total. The molecule has 1 aliphatic carbocycles. The van der Waals surface area contributed by atoms with E-state index in [4.69, 9.17) is 4.74 Å². The molecule has 0 bridgehead atoms. The first-order chi connectivity index (χ1) is 10.1. The molecule has 0 unspecified atom stereocenters. The topological polar surface area (TPSA) is 49.9 Å². The number of hydrogen-bond donors (Lipinski definition) is 0. The summed E-state index contributed by atoms with van der Waals surface area (Å²) in [6, 6.07) is 4.36. The summed E-state index contributed by atoms with van der Waals surface area (Å²) in [6.07, 6.45) is 2.11. The van der Waals surface area contributed by atoms with Crippen molar-refractivity contribution in [2.24, 2.45) is 0 Å². The molecule has 1 fully saturated rings. The lowest BCUT2D eigenvalue weighted by Crippen LogP contribution is -2.41. The fraction of sp³-hybridized carbons (Fsp3) is 0.600. The molecule has 0 aromatic carbocycles. The van der Waals surface area contributed by atoms with Crippen molar-refractivity contribution in [3.05, 3.63) is 22.4 Å². The van der Waals surface area contributed by atoms with Gasteiger partial charge in [0.15, 0.2) is 0 Å². The Kier molecular flexibility index (Phi) is 5.76. The summed E-state index contributed by atoms with van der Waals surface area (Å²) < 4.78 is 4.97. The van der Waals surface area contributed by atoms with Gasteiger partial charge in [0.1, 0.15) is 0 Å². The predicted molar refractivity (Wildman–Crippen MR) is 82.0 cm³/mol. The third-order valence-electron chi connectivity index (χ3n) is 3.44. The first-order valence-corrected chi connectivity index (χ1v) is 8.14. The monoisotopic (exact) mass is 310 g/mol. The maximum atomic E-state index is 12.3. The summed E-state index contributed by atoms with van der Waals surface area (Å²) in [5.41, 5.74) is 0. The maximum absolute atomic E-state index is 12.3. The van der Waals surface area contributed by atoms with Crippen LogP contribution in [0.1, 0.15) is 24.6 Å². The molecule has 116 valence electrons. The number of thiophene rings is 1. The maximum Gasteiger partial charge on any atom is 0.320 e. The SMILES string of the molecule is CCOC(=O)CN(CC(=O)N(C)Cc1cccs1)C1CC1. The molecule has 1 aromatic heterocycles. The Morgan fingerprint density at radius 1 is 1.38 bits per heavy atom. The second-order valence-corrected chi connectivity index (χ2v) is 6.30. The number of likely N-dealkylation sites (N-methyl/N-ethyl adjacent to an activating group) is 1. The average molecular weight is 310 g/mol. The zero-order valence-electron chi connectivity index (χ0n) is 12.6. The molecular weight excluding hydrogens is 288 g/mol. The lowest BCUT2D eigenvalue weighted by Gasteiger charge is -2.24. The summed E-state index contributed by atoms with van der Waals surface area (Å²) in [5, 5.41) is 2.00. The Morgan fingerprint density at radius 3 is 2.71 bits per heavy atom. The van der Waals surface area contributed by atoms with Crippen molar-refractivity contribution in [2.45, 2.75) is 32.4 Å². The van der Waals surface area contributed by atoms with E-state index in [-0.39, 0.29) is 25.0 Å². The second-order valence-electron chi connectivity index (χ2n) is 5.27. The van der Waals surface area contributed by atoms with Crippen LogP contribution >= 0.6 is 11.3 Å². The van der Waals surface area contributed by atoms with Gasteiger partial charge in [0.25, 0.3) is 0 Å². The Balaban J connectivity index is 1.84. The highest BCUT2D eigenvalue weighted by Crippen LogP contribution is 2.26. The molecule has 1 aliphatic rings. The van der Waals surface area contributed by atoms with Crippen LogP contribution in [0.5, 0.6) is 0 Å². The number of rotatable bonds is 8. The van der Waals surface area contributed by atoms with Crippen LogP contribution in [-0.2, 0) is 20.9 Å². The lowest BCUT2D eigenvalue weighted by atomic mass is 10.3.